The number of benzene rings is 3. The van der Waals surface area contributed by atoms with Gasteiger partial charge in [-0.15, -0.1) is 0 Å². The Bertz CT molecular complexity index is 1020. The van der Waals surface area contributed by atoms with Gasteiger partial charge in [0.25, 0.3) is 5.91 Å². The van der Waals surface area contributed by atoms with Gasteiger partial charge in [0.05, 0.1) is 18.4 Å². The highest BCUT2D eigenvalue weighted by atomic mass is 16.5. The van der Waals surface area contributed by atoms with Crippen molar-refractivity contribution in [2.24, 2.45) is 0 Å². The first-order chi connectivity index (χ1) is 15.8. The number of hydrogen-bond acceptors (Lipinski definition) is 5. The molecule has 0 bridgehead atoms. The Hall–Kier alpha value is -3.67. The van der Waals surface area contributed by atoms with Gasteiger partial charge >= 0.3 is 0 Å². The number of carbonyl (C=O) groups is 1. The lowest BCUT2D eigenvalue weighted by atomic mass is 10.1. The highest BCUT2D eigenvalue weighted by Crippen LogP contribution is 2.29. The van der Waals surface area contributed by atoms with E-state index in [0.717, 1.165) is 30.3 Å². The molecule has 32 heavy (non-hydrogen) atoms. The van der Waals surface area contributed by atoms with E-state index in [4.69, 9.17) is 14.2 Å². The summed E-state index contributed by atoms with van der Waals surface area (Å²) in [6.07, 6.45) is 0. The monoisotopic (exact) mass is 432 g/mol. The van der Waals surface area contributed by atoms with Crippen LogP contribution in [0.25, 0.3) is 0 Å². The van der Waals surface area contributed by atoms with E-state index in [-0.39, 0.29) is 5.91 Å². The van der Waals surface area contributed by atoms with Crippen molar-refractivity contribution in [1.82, 2.24) is 4.90 Å². The highest BCUT2D eigenvalue weighted by molar-refractivity contribution is 5.97. The summed E-state index contributed by atoms with van der Waals surface area (Å²) < 4.78 is 17.1. The lowest BCUT2D eigenvalue weighted by Crippen LogP contribution is -2.49. The maximum atomic E-state index is 13.2. The number of rotatable bonds is 8. The molecule has 0 N–H and O–H groups in total. The molecule has 3 aromatic rings. The molecule has 0 radical (unpaired) electrons. The second-order valence-corrected chi connectivity index (χ2v) is 7.46. The van der Waals surface area contributed by atoms with E-state index in [9.17, 15) is 4.79 Å². The van der Waals surface area contributed by atoms with Gasteiger partial charge in [-0.1, -0.05) is 42.5 Å². The van der Waals surface area contributed by atoms with Crippen LogP contribution in [-0.2, 0) is 0 Å². The molecule has 0 spiro atoms. The van der Waals surface area contributed by atoms with Crippen molar-refractivity contribution in [3.05, 3.63) is 84.4 Å². The van der Waals surface area contributed by atoms with Crippen LogP contribution in [0.4, 0.5) is 5.69 Å². The second kappa shape index (κ2) is 10.6. The van der Waals surface area contributed by atoms with E-state index in [2.05, 4.69) is 11.0 Å². The topological polar surface area (TPSA) is 51.2 Å². The number of para-hydroxylation sites is 4. The number of anilines is 1. The third-order valence-corrected chi connectivity index (χ3v) is 5.46. The fourth-order valence-corrected chi connectivity index (χ4v) is 3.81. The first-order valence-corrected chi connectivity index (χ1v) is 10.8. The van der Waals surface area contributed by atoms with Crippen molar-refractivity contribution < 1.29 is 19.0 Å². The van der Waals surface area contributed by atoms with Crippen LogP contribution in [0.3, 0.4) is 0 Å². The number of methoxy groups -OCH3 is 1. The molecule has 1 fully saturated rings. The molecule has 166 valence electrons. The number of hydrogen-bond donors (Lipinski definition) is 0. The first kappa shape index (κ1) is 21.6. The molecular formula is C26H28N2O4. The molecule has 1 heterocycles. The normalized spacial score (nSPS) is 13.5. The van der Waals surface area contributed by atoms with Gasteiger partial charge in [0.1, 0.15) is 30.5 Å². The number of piperazine rings is 1. The molecule has 0 saturated carbocycles. The zero-order valence-corrected chi connectivity index (χ0v) is 18.3. The molecule has 4 rings (SSSR count). The van der Waals surface area contributed by atoms with Gasteiger partial charge in [0.2, 0.25) is 0 Å². The van der Waals surface area contributed by atoms with Crippen molar-refractivity contribution in [3.63, 3.8) is 0 Å². The van der Waals surface area contributed by atoms with E-state index < -0.39 is 0 Å². The summed E-state index contributed by atoms with van der Waals surface area (Å²) in [5, 5.41) is 0. The minimum absolute atomic E-state index is 0.00995. The maximum absolute atomic E-state index is 13.2. The van der Waals surface area contributed by atoms with E-state index in [1.54, 1.807) is 7.11 Å². The molecule has 3 aromatic carbocycles. The maximum Gasteiger partial charge on any atom is 0.257 e. The highest BCUT2D eigenvalue weighted by Gasteiger charge is 2.25. The van der Waals surface area contributed by atoms with E-state index in [1.165, 1.54) is 0 Å². The van der Waals surface area contributed by atoms with Crippen molar-refractivity contribution in [2.45, 2.75) is 0 Å². The Morgan fingerprint density at radius 2 is 1.38 bits per heavy atom. The predicted molar refractivity (Wildman–Crippen MR) is 125 cm³/mol. The Labute approximate surface area is 188 Å². The first-order valence-electron chi connectivity index (χ1n) is 10.8. The molecule has 0 unspecified atom stereocenters. The summed E-state index contributed by atoms with van der Waals surface area (Å²) in [5.41, 5.74) is 1.64. The molecule has 1 aliphatic rings. The smallest absolute Gasteiger partial charge is 0.257 e. The van der Waals surface area contributed by atoms with Crippen LogP contribution in [0.5, 0.6) is 17.2 Å². The van der Waals surface area contributed by atoms with Gasteiger partial charge in [-0.3, -0.25) is 4.79 Å². The van der Waals surface area contributed by atoms with Gasteiger partial charge < -0.3 is 24.0 Å². The molecule has 1 aliphatic heterocycles. The number of carbonyl (C=O) groups excluding carboxylic acids is 1. The number of amides is 1. The quantitative estimate of drug-likeness (QED) is 0.502. The fourth-order valence-electron chi connectivity index (χ4n) is 3.81. The average Bonchev–Trinajstić information content (AvgIpc) is 2.87. The average molecular weight is 433 g/mol. The third-order valence-electron chi connectivity index (χ3n) is 5.46. The third kappa shape index (κ3) is 5.14. The minimum Gasteiger partial charge on any atom is -0.495 e. The molecule has 6 nitrogen and oxygen atoms in total. The van der Waals surface area contributed by atoms with Crippen molar-refractivity contribution in [2.75, 3.05) is 51.4 Å². The number of nitrogens with zero attached hydrogens (tertiary/aromatic N) is 2. The van der Waals surface area contributed by atoms with Crippen LogP contribution >= 0.6 is 0 Å². The summed E-state index contributed by atoms with van der Waals surface area (Å²) in [6.45, 7) is 3.55. The molecular weight excluding hydrogens is 404 g/mol. The van der Waals surface area contributed by atoms with Gasteiger partial charge in [-0.2, -0.15) is 0 Å². The summed E-state index contributed by atoms with van der Waals surface area (Å²) in [4.78, 5) is 17.4. The summed E-state index contributed by atoms with van der Waals surface area (Å²) in [7, 11) is 1.68. The molecule has 6 heteroatoms. The van der Waals surface area contributed by atoms with Crippen LogP contribution in [0.1, 0.15) is 10.4 Å². The van der Waals surface area contributed by atoms with Gasteiger partial charge in [0.15, 0.2) is 0 Å². The van der Waals surface area contributed by atoms with Crippen LogP contribution < -0.4 is 19.1 Å². The lowest BCUT2D eigenvalue weighted by Gasteiger charge is -2.36. The Kier molecular flexibility index (Phi) is 7.12. The summed E-state index contributed by atoms with van der Waals surface area (Å²) in [5.74, 6) is 2.22. The van der Waals surface area contributed by atoms with Gasteiger partial charge in [-0.25, -0.2) is 0 Å². The van der Waals surface area contributed by atoms with Crippen molar-refractivity contribution in [3.8, 4) is 17.2 Å². The van der Waals surface area contributed by atoms with Gasteiger partial charge in [0, 0.05) is 26.2 Å². The zero-order valence-electron chi connectivity index (χ0n) is 18.3. The molecule has 0 atom stereocenters. The SMILES string of the molecule is COc1ccccc1N1CCN(C(=O)c2ccccc2OCCOc2ccccc2)CC1. The van der Waals surface area contributed by atoms with E-state index in [1.807, 2.05) is 77.7 Å². The molecule has 1 saturated heterocycles. The zero-order chi connectivity index (χ0) is 22.2. The Balaban J connectivity index is 1.34. The van der Waals surface area contributed by atoms with Gasteiger partial charge in [-0.05, 0) is 36.4 Å². The molecule has 0 aromatic heterocycles. The minimum atomic E-state index is -0.00995. The second-order valence-electron chi connectivity index (χ2n) is 7.46. The predicted octanol–water partition coefficient (Wildman–Crippen LogP) is 4.12. The lowest BCUT2D eigenvalue weighted by molar-refractivity contribution is 0.0741. The summed E-state index contributed by atoms with van der Waals surface area (Å²) in [6, 6.07) is 25.0. The molecule has 0 aliphatic carbocycles. The van der Waals surface area contributed by atoms with E-state index >= 15 is 0 Å². The fraction of sp³-hybridized carbons (Fsp3) is 0.269. The van der Waals surface area contributed by atoms with Crippen LogP contribution in [0, 0.1) is 0 Å². The standard InChI is InChI=1S/C26H28N2O4/c1-30-25-14-8-6-12-23(25)27-15-17-28(18-16-27)26(29)22-11-5-7-13-24(22)32-20-19-31-21-9-3-2-4-10-21/h2-14H,15-20H2,1H3. The van der Waals surface area contributed by atoms with Crippen LogP contribution in [0.15, 0.2) is 78.9 Å². The summed E-state index contributed by atoms with van der Waals surface area (Å²) >= 11 is 0. The Morgan fingerprint density at radius 1 is 0.750 bits per heavy atom. The number of ether oxygens (including phenoxy) is 3. The Morgan fingerprint density at radius 3 is 2.12 bits per heavy atom. The van der Waals surface area contributed by atoms with Crippen molar-refractivity contribution in [1.29, 1.82) is 0 Å². The van der Waals surface area contributed by atoms with Crippen molar-refractivity contribution >= 4 is 11.6 Å². The van der Waals surface area contributed by atoms with Crippen LogP contribution in [0.2, 0.25) is 0 Å². The molecule has 1 amide bonds. The largest absolute Gasteiger partial charge is 0.495 e. The van der Waals surface area contributed by atoms with Crippen LogP contribution in [-0.4, -0.2) is 57.3 Å². The van der Waals surface area contributed by atoms with E-state index in [0.29, 0.717) is 37.6 Å².